The van der Waals surface area contributed by atoms with Gasteiger partial charge in [0.1, 0.15) is 0 Å². The minimum Gasteiger partial charge on any atom is -0.296 e. The Balaban J connectivity index is 1.88. The third-order valence-electron chi connectivity index (χ3n) is 4.50. The molecule has 6 atom stereocenters. The van der Waals surface area contributed by atoms with Crippen molar-refractivity contribution in [2.45, 2.75) is 6.42 Å². The molecule has 4 aliphatic carbocycles. The molecule has 0 aromatic heterocycles. The zero-order valence-corrected chi connectivity index (χ0v) is 7.64. The zero-order chi connectivity index (χ0) is 9.45. The number of allylic oxidation sites excluding steroid dienone is 2. The van der Waals surface area contributed by atoms with Gasteiger partial charge in [-0.15, -0.1) is 0 Å². The van der Waals surface area contributed by atoms with Gasteiger partial charge < -0.3 is 0 Å². The number of rotatable bonds is 0. The molecule has 5 rings (SSSR count). The molecule has 0 aromatic carbocycles. The Kier molecular flexibility index (Phi) is 1.00. The first-order valence-electron chi connectivity index (χ1n) is 5.30. The fourth-order valence-electron chi connectivity index (χ4n) is 3.88. The average molecular weight is 189 g/mol. The van der Waals surface area contributed by atoms with Gasteiger partial charge in [0.05, 0.1) is 11.8 Å². The molecule has 0 spiro atoms. The van der Waals surface area contributed by atoms with E-state index in [1.54, 1.807) is 0 Å². The van der Waals surface area contributed by atoms with Gasteiger partial charge in [-0.3, -0.25) is 14.9 Å². The quantitative estimate of drug-likeness (QED) is 0.441. The minimum absolute atomic E-state index is 0.0234. The van der Waals surface area contributed by atoms with Crippen LogP contribution in [0.1, 0.15) is 6.42 Å². The Bertz CT molecular complexity index is 353. The summed E-state index contributed by atoms with van der Waals surface area (Å²) in [7, 11) is 0. The molecule has 3 heteroatoms. The van der Waals surface area contributed by atoms with Gasteiger partial charge in [-0.1, -0.05) is 12.2 Å². The fraction of sp³-hybridized carbons (Fsp3) is 0.636. The van der Waals surface area contributed by atoms with E-state index in [1.165, 1.54) is 6.42 Å². The van der Waals surface area contributed by atoms with Gasteiger partial charge in [0.25, 0.3) is 0 Å². The number of hydrogen-bond acceptors (Lipinski definition) is 2. The summed E-state index contributed by atoms with van der Waals surface area (Å²) < 4.78 is 0. The summed E-state index contributed by atoms with van der Waals surface area (Å²) in [6, 6.07) is 0. The molecule has 72 valence electrons. The van der Waals surface area contributed by atoms with E-state index in [1.807, 2.05) is 0 Å². The molecule has 0 unspecified atom stereocenters. The number of carbonyl (C=O) groups excluding carboxylic acids is 2. The van der Waals surface area contributed by atoms with Gasteiger partial charge in [-0.05, 0) is 30.1 Å². The van der Waals surface area contributed by atoms with Crippen molar-refractivity contribution in [1.82, 2.24) is 5.32 Å². The van der Waals surface area contributed by atoms with E-state index >= 15 is 0 Å². The number of hydrogen-bond donors (Lipinski definition) is 1. The molecule has 2 saturated carbocycles. The lowest BCUT2D eigenvalue weighted by molar-refractivity contribution is -0.126. The average Bonchev–Trinajstić information content (AvgIpc) is 2.92. The summed E-state index contributed by atoms with van der Waals surface area (Å²) in [5.74, 6) is 2.05. The van der Waals surface area contributed by atoms with Crippen LogP contribution in [0.3, 0.4) is 0 Å². The maximum atomic E-state index is 11.6. The Morgan fingerprint density at radius 3 is 2.00 bits per heavy atom. The van der Waals surface area contributed by atoms with Crippen molar-refractivity contribution < 1.29 is 9.59 Å². The highest BCUT2D eigenvalue weighted by atomic mass is 16.2. The normalized spacial score (nSPS) is 56.9. The molecule has 2 amide bonds. The SMILES string of the molecule is O=C1NC(=O)[C@@H]2[C@H]3C=C[C@@H]([C@@H]4C[C@@H]34)[C@@H]12. The summed E-state index contributed by atoms with van der Waals surface area (Å²) in [6.45, 7) is 0. The zero-order valence-electron chi connectivity index (χ0n) is 7.64. The third kappa shape index (κ3) is 0.606. The lowest BCUT2D eigenvalue weighted by atomic mass is 9.63. The molecule has 1 N–H and O–H groups in total. The Hall–Kier alpha value is -1.12. The Morgan fingerprint density at radius 2 is 1.50 bits per heavy atom. The van der Waals surface area contributed by atoms with Gasteiger partial charge in [-0.25, -0.2) is 0 Å². The van der Waals surface area contributed by atoms with Gasteiger partial charge in [0.15, 0.2) is 0 Å². The Morgan fingerprint density at radius 1 is 1.00 bits per heavy atom. The van der Waals surface area contributed by atoms with E-state index in [0.29, 0.717) is 23.7 Å². The van der Waals surface area contributed by atoms with Crippen LogP contribution in [-0.2, 0) is 9.59 Å². The largest absolute Gasteiger partial charge is 0.296 e. The van der Waals surface area contributed by atoms with E-state index in [9.17, 15) is 9.59 Å². The minimum atomic E-state index is -0.0266. The van der Waals surface area contributed by atoms with Crippen LogP contribution in [0.4, 0.5) is 0 Å². The highest BCUT2D eigenvalue weighted by Gasteiger charge is 2.65. The predicted molar refractivity (Wildman–Crippen MR) is 47.8 cm³/mol. The molecule has 1 heterocycles. The maximum absolute atomic E-state index is 11.6. The Labute approximate surface area is 81.5 Å². The molecule has 0 aromatic rings. The van der Waals surface area contributed by atoms with Gasteiger partial charge in [-0.2, -0.15) is 0 Å². The van der Waals surface area contributed by atoms with Crippen molar-refractivity contribution in [2.24, 2.45) is 35.5 Å². The van der Waals surface area contributed by atoms with Crippen molar-refractivity contribution in [3.8, 4) is 0 Å². The molecule has 14 heavy (non-hydrogen) atoms. The lowest BCUT2D eigenvalue weighted by Crippen LogP contribution is -2.40. The second-order valence-electron chi connectivity index (χ2n) is 5.01. The second kappa shape index (κ2) is 1.95. The molecule has 2 bridgehead atoms. The monoisotopic (exact) mass is 189 g/mol. The summed E-state index contributed by atoms with van der Waals surface area (Å²) in [4.78, 5) is 23.2. The summed E-state index contributed by atoms with van der Waals surface area (Å²) in [5, 5.41) is 2.48. The van der Waals surface area contributed by atoms with Crippen molar-refractivity contribution >= 4 is 11.8 Å². The van der Waals surface area contributed by atoms with Crippen molar-refractivity contribution in [1.29, 1.82) is 0 Å². The number of imide groups is 1. The number of carbonyl (C=O) groups is 2. The van der Waals surface area contributed by atoms with Gasteiger partial charge in [0.2, 0.25) is 11.8 Å². The van der Waals surface area contributed by atoms with Crippen LogP contribution in [0.15, 0.2) is 12.2 Å². The molecular weight excluding hydrogens is 178 g/mol. The van der Waals surface area contributed by atoms with E-state index in [0.717, 1.165) is 0 Å². The maximum Gasteiger partial charge on any atom is 0.231 e. The van der Waals surface area contributed by atoms with Crippen molar-refractivity contribution in [3.63, 3.8) is 0 Å². The van der Waals surface area contributed by atoms with Crippen LogP contribution < -0.4 is 5.32 Å². The first kappa shape index (κ1) is 7.21. The summed E-state index contributed by atoms with van der Waals surface area (Å²) in [5.41, 5.74) is 0. The van der Waals surface area contributed by atoms with Crippen LogP contribution in [0.25, 0.3) is 0 Å². The molecule has 0 radical (unpaired) electrons. The first-order chi connectivity index (χ1) is 6.77. The summed E-state index contributed by atoms with van der Waals surface area (Å²) >= 11 is 0. The lowest BCUT2D eigenvalue weighted by Gasteiger charge is -2.37. The molecule has 3 nitrogen and oxygen atoms in total. The highest BCUT2D eigenvalue weighted by molar-refractivity contribution is 6.06. The van der Waals surface area contributed by atoms with Crippen LogP contribution >= 0.6 is 0 Å². The topological polar surface area (TPSA) is 46.2 Å². The third-order valence-corrected chi connectivity index (χ3v) is 4.50. The fourth-order valence-corrected chi connectivity index (χ4v) is 3.88. The smallest absolute Gasteiger partial charge is 0.231 e. The van der Waals surface area contributed by atoms with E-state index in [2.05, 4.69) is 17.5 Å². The highest BCUT2D eigenvalue weighted by Crippen LogP contribution is 2.64. The molecule has 1 saturated heterocycles. The summed E-state index contributed by atoms with van der Waals surface area (Å²) in [6.07, 6.45) is 5.59. The van der Waals surface area contributed by atoms with Gasteiger partial charge >= 0.3 is 0 Å². The van der Waals surface area contributed by atoms with Crippen LogP contribution in [0, 0.1) is 35.5 Å². The van der Waals surface area contributed by atoms with E-state index in [4.69, 9.17) is 0 Å². The van der Waals surface area contributed by atoms with Gasteiger partial charge in [0, 0.05) is 0 Å². The predicted octanol–water partition coefficient (Wildman–Crippen LogP) is 0.327. The van der Waals surface area contributed by atoms with E-state index in [-0.39, 0.29) is 23.7 Å². The standard InChI is InChI=1S/C11H11NO2/c13-10-8-4-1-2-5(7-3-6(4)7)9(8)11(14)12-10/h1-2,4-9H,3H2,(H,12,13,14)/t4-,5-,6-,7-,8+,9+/m0/s1. The number of amides is 2. The second-order valence-corrected chi connectivity index (χ2v) is 5.01. The van der Waals surface area contributed by atoms with Crippen LogP contribution in [-0.4, -0.2) is 11.8 Å². The molecule has 5 aliphatic rings. The molecule has 3 fully saturated rings. The van der Waals surface area contributed by atoms with E-state index < -0.39 is 0 Å². The molecule has 1 aliphatic heterocycles. The van der Waals surface area contributed by atoms with Crippen molar-refractivity contribution in [2.75, 3.05) is 0 Å². The van der Waals surface area contributed by atoms with Crippen molar-refractivity contribution in [3.05, 3.63) is 12.2 Å². The number of nitrogens with one attached hydrogen (secondary N) is 1. The molecular formula is C11H11NO2. The van der Waals surface area contributed by atoms with Crippen LogP contribution in [0.2, 0.25) is 0 Å². The van der Waals surface area contributed by atoms with Crippen LogP contribution in [0.5, 0.6) is 0 Å². The first-order valence-corrected chi connectivity index (χ1v) is 5.30.